The summed E-state index contributed by atoms with van der Waals surface area (Å²) in [6.45, 7) is 1.19. The van der Waals surface area contributed by atoms with Crippen LogP contribution in [-0.4, -0.2) is 28.6 Å². The normalized spacial score (nSPS) is 12.3. The van der Waals surface area contributed by atoms with Crippen molar-refractivity contribution in [2.75, 3.05) is 13.3 Å². The van der Waals surface area contributed by atoms with E-state index in [0.717, 1.165) is 5.56 Å². The lowest BCUT2D eigenvalue weighted by atomic mass is 10.0. The number of hydrogen-bond donors (Lipinski definition) is 1. The van der Waals surface area contributed by atoms with Gasteiger partial charge in [0.2, 0.25) is 5.91 Å². The van der Waals surface area contributed by atoms with E-state index in [-0.39, 0.29) is 6.61 Å². The van der Waals surface area contributed by atoms with E-state index in [1.165, 1.54) is 0 Å². The number of carbonyl (C=O) groups excluding carboxylic acids is 1. The van der Waals surface area contributed by atoms with Gasteiger partial charge in [-0.05, 0) is 43.3 Å². The molecule has 2 heterocycles. The summed E-state index contributed by atoms with van der Waals surface area (Å²) in [6.07, 6.45) is 1.71. The summed E-state index contributed by atoms with van der Waals surface area (Å²) >= 11 is 6.09. The molecule has 0 aliphatic heterocycles. The molecule has 0 aliphatic carbocycles. The van der Waals surface area contributed by atoms with Crippen LogP contribution in [0.4, 0.5) is 4.39 Å². The number of fused-ring (bicyclic) bond motifs is 1. The van der Waals surface area contributed by atoms with Gasteiger partial charge in [-0.3, -0.25) is 4.79 Å². The minimum atomic E-state index is -0.550. The highest BCUT2D eigenvalue weighted by molar-refractivity contribution is 6.30. The molecule has 1 atom stereocenters. The van der Waals surface area contributed by atoms with Crippen molar-refractivity contribution in [2.45, 2.75) is 12.8 Å². The maximum atomic E-state index is 12.2. The van der Waals surface area contributed by atoms with Crippen LogP contribution in [0.5, 0.6) is 5.75 Å². The third-order valence-electron chi connectivity index (χ3n) is 3.93. The Labute approximate surface area is 149 Å². The summed E-state index contributed by atoms with van der Waals surface area (Å²) in [5.41, 5.74) is 8.29. The van der Waals surface area contributed by atoms with Crippen molar-refractivity contribution < 1.29 is 13.9 Å². The summed E-state index contributed by atoms with van der Waals surface area (Å²) in [5, 5.41) is 0.532. The highest BCUT2D eigenvalue weighted by Crippen LogP contribution is 2.31. The third kappa shape index (κ3) is 3.44. The molecule has 2 aromatic heterocycles. The number of primary amides is 1. The van der Waals surface area contributed by atoms with E-state index in [0.29, 0.717) is 27.8 Å². The SMILES string of the molecule is CC(C(N)=O)c1c(-c2ccc(OCCF)cc2)nc2ccc(Cl)cn12. The van der Waals surface area contributed by atoms with E-state index < -0.39 is 18.5 Å². The molecule has 0 fully saturated rings. The van der Waals surface area contributed by atoms with Crippen molar-refractivity contribution >= 4 is 23.2 Å². The summed E-state index contributed by atoms with van der Waals surface area (Å²) in [4.78, 5) is 16.4. The molecule has 0 bridgehead atoms. The number of ether oxygens (including phenoxy) is 1. The zero-order valence-electron chi connectivity index (χ0n) is 13.6. The van der Waals surface area contributed by atoms with Gasteiger partial charge in [-0.15, -0.1) is 0 Å². The smallest absolute Gasteiger partial charge is 0.226 e. The number of aromatic nitrogens is 2. The maximum Gasteiger partial charge on any atom is 0.226 e. The number of alkyl halides is 1. The zero-order chi connectivity index (χ0) is 18.0. The fourth-order valence-electron chi connectivity index (χ4n) is 2.66. The molecule has 1 unspecified atom stereocenters. The second-order valence-electron chi connectivity index (χ2n) is 5.61. The molecule has 1 aromatic carbocycles. The highest BCUT2D eigenvalue weighted by atomic mass is 35.5. The third-order valence-corrected chi connectivity index (χ3v) is 4.15. The Morgan fingerprint density at radius 2 is 2.04 bits per heavy atom. The maximum absolute atomic E-state index is 12.2. The lowest BCUT2D eigenvalue weighted by Gasteiger charge is -2.11. The van der Waals surface area contributed by atoms with Crippen LogP contribution in [0.1, 0.15) is 18.5 Å². The fourth-order valence-corrected chi connectivity index (χ4v) is 2.82. The largest absolute Gasteiger partial charge is 0.491 e. The summed E-state index contributed by atoms with van der Waals surface area (Å²) in [6, 6.07) is 10.6. The molecular formula is C18H17ClFN3O2. The van der Waals surface area contributed by atoms with Gasteiger partial charge in [0.05, 0.1) is 22.3 Å². The van der Waals surface area contributed by atoms with Gasteiger partial charge in [0.1, 0.15) is 24.7 Å². The first kappa shape index (κ1) is 17.2. The summed E-state index contributed by atoms with van der Waals surface area (Å²) < 4.78 is 19.2. The molecule has 130 valence electrons. The van der Waals surface area contributed by atoms with Crippen LogP contribution in [0.2, 0.25) is 5.02 Å². The quantitative estimate of drug-likeness (QED) is 0.729. The van der Waals surface area contributed by atoms with Crippen molar-refractivity contribution in [3.63, 3.8) is 0 Å². The Morgan fingerprint density at radius 3 is 2.68 bits per heavy atom. The predicted molar refractivity (Wildman–Crippen MR) is 94.7 cm³/mol. The van der Waals surface area contributed by atoms with Gasteiger partial charge in [0.25, 0.3) is 0 Å². The zero-order valence-corrected chi connectivity index (χ0v) is 14.3. The van der Waals surface area contributed by atoms with E-state index in [1.54, 1.807) is 41.8 Å². The summed E-state index contributed by atoms with van der Waals surface area (Å²) in [7, 11) is 0. The number of pyridine rings is 1. The number of benzene rings is 1. The lowest BCUT2D eigenvalue weighted by molar-refractivity contribution is -0.119. The number of carbonyl (C=O) groups is 1. The Bertz CT molecular complexity index is 909. The summed E-state index contributed by atoms with van der Waals surface area (Å²) in [5.74, 6) is -0.436. The Morgan fingerprint density at radius 1 is 1.32 bits per heavy atom. The van der Waals surface area contributed by atoms with Gasteiger partial charge in [-0.2, -0.15) is 0 Å². The molecule has 25 heavy (non-hydrogen) atoms. The molecule has 0 radical (unpaired) electrons. The number of amides is 1. The van der Waals surface area contributed by atoms with Crippen LogP contribution >= 0.6 is 11.6 Å². The van der Waals surface area contributed by atoms with Crippen LogP contribution in [0.25, 0.3) is 16.9 Å². The lowest BCUT2D eigenvalue weighted by Crippen LogP contribution is -2.20. The van der Waals surface area contributed by atoms with Crippen molar-refractivity contribution in [1.29, 1.82) is 0 Å². The second-order valence-corrected chi connectivity index (χ2v) is 6.04. The second kappa shape index (κ2) is 7.11. The van der Waals surface area contributed by atoms with E-state index in [9.17, 15) is 9.18 Å². The number of halogens is 2. The van der Waals surface area contributed by atoms with Gasteiger partial charge in [0.15, 0.2) is 0 Å². The first-order valence-electron chi connectivity index (χ1n) is 7.77. The van der Waals surface area contributed by atoms with Crippen molar-refractivity contribution in [2.24, 2.45) is 5.73 Å². The molecule has 1 amide bonds. The average molecular weight is 362 g/mol. The van der Waals surface area contributed by atoms with E-state index in [1.807, 2.05) is 12.1 Å². The fraction of sp³-hybridized carbons (Fsp3) is 0.222. The molecular weight excluding hydrogens is 345 g/mol. The molecule has 5 nitrogen and oxygen atoms in total. The van der Waals surface area contributed by atoms with Crippen molar-refractivity contribution in [3.8, 4) is 17.0 Å². The van der Waals surface area contributed by atoms with Gasteiger partial charge < -0.3 is 14.9 Å². The molecule has 0 aliphatic rings. The number of rotatable bonds is 6. The monoisotopic (exact) mass is 361 g/mol. The average Bonchev–Trinajstić information content (AvgIpc) is 2.98. The molecule has 0 spiro atoms. The predicted octanol–water partition coefficient (Wildman–Crippen LogP) is 3.59. The van der Waals surface area contributed by atoms with E-state index in [2.05, 4.69) is 4.98 Å². The van der Waals surface area contributed by atoms with Crippen LogP contribution < -0.4 is 10.5 Å². The molecule has 0 saturated heterocycles. The molecule has 7 heteroatoms. The topological polar surface area (TPSA) is 69.6 Å². The van der Waals surface area contributed by atoms with E-state index in [4.69, 9.17) is 22.1 Å². The highest BCUT2D eigenvalue weighted by Gasteiger charge is 2.23. The van der Waals surface area contributed by atoms with Gasteiger partial charge in [-0.25, -0.2) is 9.37 Å². The van der Waals surface area contributed by atoms with Crippen molar-refractivity contribution in [3.05, 3.63) is 53.3 Å². The van der Waals surface area contributed by atoms with Gasteiger partial charge in [-0.1, -0.05) is 11.6 Å². The minimum absolute atomic E-state index is 0.0101. The minimum Gasteiger partial charge on any atom is -0.491 e. The van der Waals surface area contributed by atoms with Crippen LogP contribution in [-0.2, 0) is 4.79 Å². The van der Waals surface area contributed by atoms with Gasteiger partial charge >= 0.3 is 0 Å². The Balaban J connectivity index is 2.11. The number of nitrogens with zero attached hydrogens (tertiary/aromatic N) is 2. The van der Waals surface area contributed by atoms with Gasteiger partial charge in [0, 0.05) is 11.8 Å². The van der Waals surface area contributed by atoms with Crippen LogP contribution in [0.15, 0.2) is 42.6 Å². The molecule has 0 saturated carbocycles. The first-order chi connectivity index (χ1) is 12.0. The molecule has 3 aromatic rings. The van der Waals surface area contributed by atoms with Crippen LogP contribution in [0.3, 0.4) is 0 Å². The Hall–Kier alpha value is -2.60. The van der Waals surface area contributed by atoms with E-state index >= 15 is 0 Å². The standard InChI is InChI=1S/C18H17ClFN3O2/c1-11(18(21)24)17-16(22-15-7-4-13(19)10-23(15)17)12-2-5-14(6-3-12)25-9-8-20/h2-7,10-11H,8-9H2,1H3,(H2,21,24). The number of hydrogen-bond acceptors (Lipinski definition) is 3. The molecule has 3 rings (SSSR count). The Kier molecular flexibility index (Phi) is 4.90. The number of imidazole rings is 1. The first-order valence-corrected chi connectivity index (χ1v) is 8.15. The molecule has 2 N–H and O–H groups in total. The van der Waals surface area contributed by atoms with Crippen LogP contribution in [0, 0.1) is 0 Å². The van der Waals surface area contributed by atoms with Crippen molar-refractivity contribution in [1.82, 2.24) is 9.38 Å². The number of nitrogens with two attached hydrogens (primary N) is 1.